The van der Waals surface area contributed by atoms with Crippen molar-refractivity contribution >= 4 is 15.9 Å². The van der Waals surface area contributed by atoms with Gasteiger partial charge in [-0.1, -0.05) is 0 Å². The molecule has 0 aliphatic heterocycles. The Balaban J connectivity index is 3.22. The topological polar surface area (TPSA) is 55.5 Å². The molecule has 1 atom stereocenters. The van der Waals surface area contributed by atoms with Gasteiger partial charge in [0.05, 0.1) is 11.6 Å². The van der Waals surface area contributed by atoms with Crippen LogP contribution in [0.4, 0.5) is 0 Å². The van der Waals surface area contributed by atoms with Crippen molar-refractivity contribution in [3.63, 3.8) is 0 Å². The van der Waals surface area contributed by atoms with Gasteiger partial charge in [-0.3, -0.25) is 0 Å². The molecule has 1 unspecified atom stereocenters. The molecule has 1 aromatic rings. The first-order chi connectivity index (χ1) is 6.06. The van der Waals surface area contributed by atoms with E-state index in [1.165, 1.54) is 7.11 Å². The smallest absolute Gasteiger partial charge is 0.172 e. The summed E-state index contributed by atoms with van der Waals surface area (Å²) in [5, 5.41) is 9.49. The third-order valence-electron chi connectivity index (χ3n) is 1.80. The molecule has 1 rings (SSSR count). The summed E-state index contributed by atoms with van der Waals surface area (Å²) in [6.45, 7) is 1.87. The fourth-order valence-corrected chi connectivity index (χ4v) is 1.47. The number of halogens is 1. The van der Waals surface area contributed by atoms with E-state index < -0.39 is 0 Å². The number of ether oxygens (including phenoxy) is 1. The molecule has 0 fully saturated rings. The number of methoxy groups -OCH3 is 1. The van der Waals surface area contributed by atoms with Gasteiger partial charge in [0.15, 0.2) is 11.5 Å². The fourth-order valence-electron chi connectivity index (χ4n) is 1.01. The van der Waals surface area contributed by atoms with E-state index in [1.54, 1.807) is 12.1 Å². The van der Waals surface area contributed by atoms with Crippen LogP contribution in [0.15, 0.2) is 16.6 Å². The molecule has 0 bridgehead atoms. The van der Waals surface area contributed by atoms with Crippen molar-refractivity contribution in [2.24, 2.45) is 5.73 Å². The van der Waals surface area contributed by atoms with Gasteiger partial charge in [0.1, 0.15) is 0 Å². The second kappa shape index (κ2) is 3.98. The van der Waals surface area contributed by atoms with Crippen LogP contribution in [0.25, 0.3) is 0 Å². The Labute approximate surface area is 85.6 Å². The average Bonchev–Trinajstić information content (AvgIpc) is 2.09. The molecule has 3 N–H and O–H groups in total. The lowest BCUT2D eigenvalue weighted by atomic mass is 10.1. The van der Waals surface area contributed by atoms with E-state index in [4.69, 9.17) is 10.5 Å². The first kappa shape index (κ1) is 10.3. The Bertz CT molecular complexity index is 313. The maximum atomic E-state index is 9.49. The van der Waals surface area contributed by atoms with Gasteiger partial charge in [-0.25, -0.2) is 0 Å². The van der Waals surface area contributed by atoms with Crippen molar-refractivity contribution in [2.45, 2.75) is 13.0 Å². The van der Waals surface area contributed by atoms with Crippen LogP contribution >= 0.6 is 15.9 Å². The highest BCUT2D eigenvalue weighted by molar-refractivity contribution is 9.10. The molecule has 72 valence electrons. The van der Waals surface area contributed by atoms with E-state index in [0.717, 1.165) is 5.56 Å². The van der Waals surface area contributed by atoms with Gasteiger partial charge < -0.3 is 15.6 Å². The number of phenolic OH excluding ortho intramolecular Hbond substituents is 1. The van der Waals surface area contributed by atoms with Crippen LogP contribution in [-0.4, -0.2) is 12.2 Å². The van der Waals surface area contributed by atoms with Gasteiger partial charge in [-0.15, -0.1) is 0 Å². The Morgan fingerprint density at radius 3 is 2.62 bits per heavy atom. The lowest BCUT2D eigenvalue weighted by Gasteiger charge is -2.10. The Morgan fingerprint density at radius 2 is 2.15 bits per heavy atom. The number of hydrogen-bond acceptors (Lipinski definition) is 3. The SMILES string of the molecule is COc1cc(C(C)N)cc(Br)c1O. The summed E-state index contributed by atoms with van der Waals surface area (Å²) < 4.78 is 5.58. The number of aromatic hydroxyl groups is 1. The molecular formula is C9H12BrNO2. The number of benzene rings is 1. The number of nitrogens with two attached hydrogens (primary N) is 1. The van der Waals surface area contributed by atoms with Gasteiger partial charge in [0.2, 0.25) is 0 Å². The number of hydrogen-bond donors (Lipinski definition) is 2. The van der Waals surface area contributed by atoms with Crippen molar-refractivity contribution in [3.05, 3.63) is 22.2 Å². The zero-order valence-corrected chi connectivity index (χ0v) is 9.13. The zero-order valence-electron chi connectivity index (χ0n) is 7.54. The van der Waals surface area contributed by atoms with Crippen LogP contribution in [0.1, 0.15) is 18.5 Å². The summed E-state index contributed by atoms with van der Waals surface area (Å²) in [5.41, 5.74) is 6.62. The fraction of sp³-hybridized carbons (Fsp3) is 0.333. The van der Waals surface area contributed by atoms with Crippen molar-refractivity contribution < 1.29 is 9.84 Å². The van der Waals surface area contributed by atoms with Gasteiger partial charge >= 0.3 is 0 Å². The largest absolute Gasteiger partial charge is 0.503 e. The lowest BCUT2D eigenvalue weighted by molar-refractivity contribution is 0.371. The van der Waals surface area contributed by atoms with Crippen molar-refractivity contribution in [1.29, 1.82) is 0 Å². The lowest BCUT2D eigenvalue weighted by Crippen LogP contribution is -2.05. The maximum absolute atomic E-state index is 9.49. The third kappa shape index (κ3) is 2.14. The van der Waals surface area contributed by atoms with Crippen LogP contribution in [0.3, 0.4) is 0 Å². The predicted molar refractivity (Wildman–Crippen MR) is 55.0 cm³/mol. The second-order valence-corrected chi connectivity index (χ2v) is 3.70. The van der Waals surface area contributed by atoms with E-state index in [9.17, 15) is 5.11 Å². The summed E-state index contributed by atoms with van der Waals surface area (Å²) in [6, 6.07) is 3.43. The van der Waals surface area contributed by atoms with Crippen LogP contribution in [0, 0.1) is 0 Å². The minimum atomic E-state index is -0.0780. The molecule has 0 aliphatic rings. The van der Waals surface area contributed by atoms with E-state index in [0.29, 0.717) is 10.2 Å². The van der Waals surface area contributed by atoms with E-state index in [2.05, 4.69) is 15.9 Å². The van der Waals surface area contributed by atoms with E-state index in [-0.39, 0.29) is 11.8 Å². The Hall–Kier alpha value is -0.740. The highest BCUT2D eigenvalue weighted by atomic mass is 79.9. The molecule has 0 radical (unpaired) electrons. The second-order valence-electron chi connectivity index (χ2n) is 2.84. The maximum Gasteiger partial charge on any atom is 0.172 e. The monoisotopic (exact) mass is 245 g/mol. The first-order valence-electron chi connectivity index (χ1n) is 3.88. The Morgan fingerprint density at radius 1 is 1.54 bits per heavy atom. The van der Waals surface area contributed by atoms with Crippen molar-refractivity contribution in [3.8, 4) is 11.5 Å². The van der Waals surface area contributed by atoms with Crippen molar-refractivity contribution in [2.75, 3.05) is 7.11 Å². The summed E-state index contributed by atoms with van der Waals surface area (Å²) in [5.74, 6) is 0.536. The standard InChI is InChI=1S/C9H12BrNO2/c1-5(11)6-3-7(10)9(12)8(4-6)13-2/h3-5,12H,11H2,1-2H3. The molecule has 0 heterocycles. The molecule has 4 heteroatoms. The van der Waals surface area contributed by atoms with Crippen molar-refractivity contribution in [1.82, 2.24) is 0 Å². The molecule has 0 amide bonds. The summed E-state index contributed by atoms with van der Waals surface area (Å²) in [6.07, 6.45) is 0. The van der Waals surface area contributed by atoms with Gasteiger partial charge in [0, 0.05) is 6.04 Å². The minimum absolute atomic E-state index is 0.0780. The molecule has 3 nitrogen and oxygen atoms in total. The third-order valence-corrected chi connectivity index (χ3v) is 2.40. The van der Waals surface area contributed by atoms with Crippen LogP contribution in [0.2, 0.25) is 0 Å². The molecule has 0 saturated heterocycles. The van der Waals surface area contributed by atoms with Gasteiger partial charge in [-0.2, -0.15) is 0 Å². The molecule has 1 aromatic carbocycles. The highest BCUT2D eigenvalue weighted by Gasteiger charge is 2.10. The number of phenols is 1. The summed E-state index contributed by atoms with van der Waals surface area (Å²) >= 11 is 3.22. The molecule has 13 heavy (non-hydrogen) atoms. The zero-order chi connectivity index (χ0) is 10.0. The quantitative estimate of drug-likeness (QED) is 0.840. The predicted octanol–water partition coefficient (Wildman–Crippen LogP) is 2.18. The molecule has 0 spiro atoms. The van der Waals surface area contributed by atoms with E-state index >= 15 is 0 Å². The highest BCUT2D eigenvalue weighted by Crippen LogP contribution is 2.36. The van der Waals surface area contributed by atoms with Gasteiger partial charge in [-0.05, 0) is 40.5 Å². The van der Waals surface area contributed by atoms with Crippen LogP contribution in [-0.2, 0) is 0 Å². The molecule has 0 saturated carbocycles. The Kier molecular flexibility index (Phi) is 3.17. The molecule has 0 aliphatic carbocycles. The van der Waals surface area contributed by atoms with Crippen LogP contribution in [0.5, 0.6) is 11.5 Å². The first-order valence-corrected chi connectivity index (χ1v) is 4.67. The summed E-state index contributed by atoms with van der Waals surface area (Å²) in [4.78, 5) is 0. The minimum Gasteiger partial charge on any atom is -0.503 e. The molecular weight excluding hydrogens is 234 g/mol. The molecule has 0 aromatic heterocycles. The van der Waals surface area contributed by atoms with Crippen LogP contribution < -0.4 is 10.5 Å². The normalized spacial score (nSPS) is 12.6. The van der Waals surface area contributed by atoms with E-state index in [1.807, 2.05) is 6.92 Å². The average molecular weight is 246 g/mol. The number of rotatable bonds is 2. The van der Waals surface area contributed by atoms with Gasteiger partial charge in [0.25, 0.3) is 0 Å². The summed E-state index contributed by atoms with van der Waals surface area (Å²) in [7, 11) is 1.51.